The molecule has 0 spiro atoms. The van der Waals surface area contributed by atoms with Crippen LogP contribution in [-0.2, 0) is 18.4 Å². The largest absolute Gasteiger partial charge is 0.437 e. The van der Waals surface area contributed by atoms with Crippen molar-refractivity contribution in [3.05, 3.63) is 54.1 Å². The summed E-state index contributed by atoms with van der Waals surface area (Å²) in [5, 5.41) is 7.77. The van der Waals surface area contributed by atoms with Gasteiger partial charge in [-0.25, -0.2) is 9.67 Å². The van der Waals surface area contributed by atoms with Gasteiger partial charge in [-0.2, -0.15) is 5.10 Å². The molecule has 1 amide bonds. The molecular formula is C20H22N6O2. The summed E-state index contributed by atoms with van der Waals surface area (Å²) in [4.78, 5) is 22.2. The van der Waals surface area contributed by atoms with Gasteiger partial charge in [-0.3, -0.25) is 9.78 Å². The Balaban J connectivity index is 1.47. The van der Waals surface area contributed by atoms with Gasteiger partial charge >= 0.3 is 0 Å². The molecule has 1 aliphatic heterocycles. The highest BCUT2D eigenvalue weighted by molar-refractivity contribution is 5.95. The number of anilines is 2. The van der Waals surface area contributed by atoms with Gasteiger partial charge in [0.1, 0.15) is 11.6 Å². The summed E-state index contributed by atoms with van der Waals surface area (Å²) < 4.78 is 7.70. The molecule has 0 aromatic carbocycles. The third-order valence-electron chi connectivity index (χ3n) is 4.72. The lowest BCUT2D eigenvalue weighted by atomic mass is 10.2. The third kappa shape index (κ3) is 3.66. The topological polar surface area (TPSA) is 85.2 Å². The smallest absolute Gasteiger partial charge is 0.227 e. The minimum absolute atomic E-state index is 0.158. The number of ether oxygens (including phenoxy) is 1. The van der Waals surface area contributed by atoms with Crippen molar-refractivity contribution >= 4 is 17.4 Å². The molecule has 3 aromatic heterocycles. The van der Waals surface area contributed by atoms with Crippen LogP contribution in [0.4, 0.5) is 11.5 Å². The SMILES string of the molecule is Cc1nn(C)c(Oc2cccnc2)c1CNc1ccc(N2CCCC2=O)cn1. The van der Waals surface area contributed by atoms with Gasteiger partial charge in [0.2, 0.25) is 11.8 Å². The number of carbonyl (C=O) groups excluding carboxylic acids is 1. The maximum Gasteiger partial charge on any atom is 0.227 e. The molecule has 0 radical (unpaired) electrons. The Hall–Kier alpha value is -3.42. The number of aryl methyl sites for hydroxylation is 2. The second kappa shape index (κ2) is 7.67. The molecule has 28 heavy (non-hydrogen) atoms. The number of pyridine rings is 2. The number of hydrogen-bond acceptors (Lipinski definition) is 6. The van der Waals surface area contributed by atoms with Crippen LogP contribution in [0.25, 0.3) is 0 Å². The average molecular weight is 378 g/mol. The zero-order chi connectivity index (χ0) is 19.5. The van der Waals surface area contributed by atoms with Crippen molar-refractivity contribution in [1.82, 2.24) is 19.7 Å². The molecule has 0 unspecified atom stereocenters. The predicted octanol–water partition coefficient (Wildman–Crippen LogP) is 3.05. The Labute approximate surface area is 163 Å². The Kier molecular flexibility index (Phi) is 4.92. The van der Waals surface area contributed by atoms with Crippen LogP contribution < -0.4 is 15.0 Å². The first-order chi connectivity index (χ1) is 13.6. The maximum absolute atomic E-state index is 11.9. The lowest BCUT2D eigenvalue weighted by molar-refractivity contribution is -0.117. The van der Waals surface area contributed by atoms with Crippen LogP contribution in [0.15, 0.2) is 42.9 Å². The average Bonchev–Trinajstić information content (AvgIpc) is 3.24. The highest BCUT2D eigenvalue weighted by Crippen LogP contribution is 2.28. The number of hydrogen-bond donors (Lipinski definition) is 1. The first-order valence-electron chi connectivity index (χ1n) is 9.22. The van der Waals surface area contributed by atoms with Crippen molar-refractivity contribution in [3.8, 4) is 11.6 Å². The van der Waals surface area contributed by atoms with E-state index in [-0.39, 0.29) is 5.91 Å². The van der Waals surface area contributed by atoms with Gasteiger partial charge in [-0.1, -0.05) is 0 Å². The van der Waals surface area contributed by atoms with Gasteiger partial charge in [0.05, 0.1) is 29.3 Å². The summed E-state index contributed by atoms with van der Waals surface area (Å²) in [6.45, 7) is 3.23. The van der Waals surface area contributed by atoms with E-state index in [2.05, 4.69) is 20.4 Å². The monoisotopic (exact) mass is 378 g/mol. The summed E-state index contributed by atoms with van der Waals surface area (Å²) >= 11 is 0. The molecule has 8 nitrogen and oxygen atoms in total. The molecule has 3 aromatic rings. The number of aromatic nitrogens is 4. The van der Waals surface area contributed by atoms with Crippen molar-refractivity contribution in [2.24, 2.45) is 7.05 Å². The van der Waals surface area contributed by atoms with E-state index in [0.29, 0.717) is 24.6 Å². The molecule has 0 atom stereocenters. The van der Waals surface area contributed by atoms with Gasteiger partial charge in [0, 0.05) is 32.8 Å². The molecule has 4 heterocycles. The fourth-order valence-corrected chi connectivity index (χ4v) is 3.28. The van der Waals surface area contributed by atoms with Crippen LogP contribution in [0.3, 0.4) is 0 Å². The Bertz CT molecular complexity index is 968. The quantitative estimate of drug-likeness (QED) is 0.710. The van der Waals surface area contributed by atoms with E-state index >= 15 is 0 Å². The van der Waals surface area contributed by atoms with Gasteiger partial charge < -0.3 is 15.0 Å². The summed E-state index contributed by atoms with van der Waals surface area (Å²) in [6, 6.07) is 7.48. The lowest BCUT2D eigenvalue weighted by Gasteiger charge is -2.15. The minimum atomic E-state index is 0.158. The molecule has 1 aliphatic rings. The van der Waals surface area contributed by atoms with Gasteiger partial charge in [0.25, 0.3) is 0 Å². The van der Waals surface area contributed by atoms with Gasteiger partial charge in [0.15, 0.2) is 0 Å². The molecule has 144 valence electrons. The number of carbonyl (C=O) groups is 1. The second-order valence-electron chi connectivity index (χ2n) is 6.69. The fraction of sp³-hybridized carbons (Fsp3) is 0.300. The van der Waals surface area contributed by atoms with Crippen LogP contribution in [-0.4, -0.2) is 32.2 Å². The van der Waals surface area contributed by atoms with Crippen molar-refractivity contribution < 1.29 is 9.53 Å². The minimum Gasteiger partial charge on any atom is -0.437 e. The van der Waals surface area contributed by atoms with E-state index in [1.54, 1.807) is 28.2 Å². The maximum atomic E-state index is 11.9. The second-order valence-corrected chi connectivity index (χ2v) is 6.69. The first-order valence-corrected chi connectivity index (χ1v) is 9.22. The Morgan fingerprint density at radius 1 is 1.25 bits per heavy atom. The van der Waals surface area contributed by atoms with Crippen molar-refractivity contribution in [2.45, 2.75) is 26.3 Å². The first kappa shape index (κ1) is 18.0. The Morgan fingerprint density at radius 3 is 2.82 bits per heavy atom. The normalized spacial score (nSPS) is 13.8. The molecular weight excluding hydrogens is 356 g/mol. The summed E-state index contributed by atoms with van der Waals surface area (Å²) in [6.07, 6.45) is 6.61. The van der Waals surface area contributed by atoms with Gasteiger partial charge in [-0.15, -0.1) is 0 Å². The van der Waals surface area contributed by atoms with Crippen LogP contribution in [0.2, 0.25) is 0 Å². The fourth-order valence-electron chi connectivity index (χ4n) is 3.28. The number of nitrogens with one attached hydrogen (secondary N) is 1. The number of rotatable bonds is 6. The lowest BCUT2D eigenvalue weighted by Crippen LogP contribution is -2.23. The molecule has 8 heteroatoms. The van der Waals surface area contributed by atoms with E-state index in [9.17, 15) is 4.79 Å². The summed E-state index contributed by atoms with van der Waals surface area (Å²) in [5.74, 6) is 2.21. The summed E-state index contributed by atoms with van der Waals surface area (Å²) in [7, 11) is 1.85. The van der Waals surface area contributed by atoms with Crippen LogP contribution in [0.5, 0.6) is 11.6 Å². The molecule has 1 saturated heterocycles. The van der Waals surface area contributed by atoms with E-state index in [1.807, 2.05) is 38.2 Å². The van der Waals surface area contributed by atoms with E-state index in [1.165, 1.54) is 0 Å². The van der Waals surface area contributed by atoms with E-state index in [4.69, 9.17) is 4.74 Å². The molecule has 1 fully saturated rings. The Morgan fingerprint density at radius 2 is 2.14 bits per heavy atom. The number of nitrogens with zero attached hydrogens (tertiary/aromatic N) is 5. The van der Waals surface area contributed by atoms with Crippen molar-refractivity contribution in [1.29, 1.82) is 0 Å². The number of amides is 1. The van der Waals surface area contributed by atoms with Crippen LogP contribution in [0, 0.1) is 6.92 Å². The van der Waals surface area contributed by atoms with E-state index in [0.717, 1.165) is 35.7 Å². The summed E-state index contributed by atoms with van der Waals surface area (Å²) in [5.41, 5.74) is 2.67. The molecule has 0 bridgehead atoms. The molecule has 4 rings (SSSR count). The molecule has 0 saturated carbocycles. The van der Waals surface area contributed by atoms with E-state index < -0.39 is 0 Å². The zero-order valence-electron chi connectivity index (χ0n) is 15.9. The van der Waals surface area contributed by atoms with Crippen molar-refractivity contribution in [2.75, 3.05) is 16.8 Å². The standard InChI is InChI=1S/C20H22N6O2/c1-14-17(20(25(2)24-14)28-16-5-3-9-21-12-16)13-23-18-8-7-15(11-22-18)26-10-4-6-19(26)27/h3,5,7-9,11-12H,4,6,10,13H2,1-2H3,(H,22,23). The highest BCUT2D eigenvalue weighted by atomic mass is 16.5. The van der Waals surface area contributed by atoms with Crippen molar-refractivity contribution in [3.63, 3.8) is 0 Å². The van der Waals surface area contributed by atoms with Crippen LogP contribution >= 0.6 is 0 Å². The third-order valence-corrected chi connectivity index (χ3v) is 4.72. The van der Waals surface area contributed by atoms with Crippen LogP contribution in [0.1, 0.15) is 24.1 Å². The predicted molar refractivity (Wildman–Crippen MR) is 105 cm³/mol. The van der Waals surface area contributed by atoms with Gasteiger partial charge in [-0.05, 0) is 37.6 Å². The molecule has 1 N–H and O–H groups in total. The highest BCUT2D eigenvalue weighted by Gasteiger charge is 2.22. The zero-order valence-corrected chi connectivity index (χ0v) is 15.9. The molecule has 0 aliphatic carbocycles.